The number of para-hydroxylation sites is 2. The summed E-state index contributed by atoms with van der Waals surface area (Å²) >= 11 is 0. The smallest absolute Gasteiger partial charge is 0.340 e. The predicted molar refractivity (Wildman–Crippen MR) is 99.6 cm³/mol. The Morgan fingerprint density at radius 1 is 1.23 bits per heavy atom. The van der Waals surface area contributed by atoms with Gasteiger partial charge in [-0.3, -0.25) is 10.1 Å². The van der Waals surface area contributed by atoms with Gasteiger partial charge in [-0.05, 0) is 45.4 Å². The Morgan fingerprint density at radius 3 is 2.65 bits per heavy atom. The molecule has 2 N–H and O–H groups in total. The van der Waals surface area contributed by atoms with Crippen LogP contribution in [0.1, 0.15) is 46.0 Å². The number of fused-ring (bicyclic) bond motifs is 1. The number of carbonyl (C=O) groups is 2. The van der Waals surface area contributed by atoms with E-state index >= 15 is 0 Å². The first kappa shape index (κ1) is 17.7. The van der Waals surface area contributed by atoms with Gasteiger partial charge >= 0.3 is 5.97 Å². The summed E-state index contributed by atoms with van der Waals surface area (Å²) in [5, 5.41) is 2.85. The maximum Gasteiger partial charge on any atom is 0.340 e. The molecule has 0 aliphatic carbocycles. The number of anilines is 1. The van der Waals surface area contributed by atoms with Crippen LogP contribution in [0.5, 0.6) is 0 Å². The third-order valence-electron chi connectivity index (χ3n) is 4.34. The van der Waals surface area contributed by atoms with Crippen LogP contribution in [0.15, 0.2) is 24.3 Å². The highest BCUT2D eigenvalue weighted by atomic mass is 16.5. The van der Waals surface area contributed by atoms with Gasteiger partial charge < -0.3 is 14.3 Å². The summed E-state index contributed by atoms with van der Waals surface area (Å²) in [6, 6.07) is 7.71. The Morgan fingerprint density at radius 2 is 1.96 bits per heavy atom. The average Bonchev–Trinajstić information content (AvgIpc) is 3.11. The fourth-order valence-corrected chi connectivity index (χ4v) is 3.14. The third kappa shape index (κ3) is 2.96. The number of hydrogen-bond donors (Lipinski definition) is 2. The number of ether oxygens (including phenoxy) is 1. The Bertz CT molecular complexity index is 984. The fraction of sp³-hybridized carbons (Fsp3) is 0.316. The van der Waals surface area contributed by atoms with Gasteiger partial charge in [0, 0.05) is 12.2 Å². The minimum absolute atomic E-state index is 0.283. The molecule has 3 aromatic rings. The van der Waals surface area contributed by atoms with Gasteiger partial charge in [-0.1, -0.05) is 12.1 Å². The summed E-state index contributed by atoms with van der Waals surface area (Å²) in [5.41, 5.74) is 3.68. The highest BCUT2D eigenvalue weighted by Gasteiger charge is 2.24. The number of rotatable bonds is 5. The second-order valence-corrected chi connectivity index (χ2v) is 5.97. The summed E-state index contributed by atoms with van der Waals surface area (Å²) in [6.45, 7) is 8.17. The number of H-pyrrole nitrogens is 1. The van der Waals surface area contributed by atoms with Gasteiger partial charge in [-0.2, -0.15) is 0 Å². The number of aromatic amines is 1. The number of benzene rings is 1. The number of imidazole rings is 1. The number of hydrogen-bond acceptors (Lipinski definition) is 4. The Balaban J connectivity index is 1.94. The van der Waals surface area contributed by atoms with Crippen molar-refractivity contribution in [3.63, 3.8) is 0 Å². The lowest BCUT2D eigenvalue weighted by molar-refractivity contribution is 0.0525. The molecule has 1 amide bonds. The Labute approximate surface area is 151 Å². The predicted octanol–water partition coefficient (Wildman–Crippen LogP) is 3.43. The fourth-order valence-electron chi connectivity index (χ4n) is 3.14. The van der Waals surface area contributed by atoms with Gasteiger partial charge in [0.15, 0.2) is 0 Å². The second kappa shape index (κ2) is 7.03. The standard InChI is InChI=1S/C19H22N4O3/c1-5-23-14-10-8-7-9-13(14)21-19(23)22-17(24)16-11(3)15(12(4)20-16)18(25)26-6-2/h7-10,20H,5-6H2,1-4H3,(H,21,22,24). The molecule has 0 saturated carbocycles. The van der Waals surface area contributed by atoms with Crippen molar-refractivity contribution in [2.75, 3.05) is 11.9 Å². The molecular weight excluding hydrogens is 332 g/mol. The van der Waals surface area contributed by atoms with E-state index in [9.17, 15) is 9.59 Å². The van der Waals surface area contributed by atoms with Crippen LogP contribution >= 0.6 is 0 Å². The molecule has 0 spiro atoms. The van der Waals surface area contributed by atoms with Crippen LogP contribution in [0.4, 0.5) is 5.95 Å². The molecule has 3 rings (SSSR count). The molecule has 2 aromatic heterocycles. The van der Waals surface area contributed by atoms with E-state index in [1.165, 1.54) is 0 Å². The zero-order valence-electron chi connectivity index (χ0n) is 15.3. The van der Waals surface area contributed by atoms with E-state index in [1.807, 2.05) is 35.8 Å². The van der Waals surface area contributed by atoms with Crippen molar-refractivity contribution >= 4 is 28.9 Å². The molecule has 0 bridgehead atoms. The molecule has 26 heavy (non-hydrogen) atoms. The molecule has 7 nitrogen and oxygen atoms in total. The zero-order chi connectivity index (χ0) is 18.8. The van der Waals surface area contributed by atoms with Crippen LogP contribution in [0.2, 0.25) is 0 Å². The molecule has 0 aliphatic rings. The molecule has 136 valence electrons. The summed E-state index contributed by atoms with van der Waals surface area (Å²) in [5.74, 6) is -0.298. The molecule has 0 radical (unpaired) electrons. The van der Waals surface area contributed by atoms with Crippen LogP contribution in [-0.4, -0.2) is 33.0 Å². The first-order chi connectivity index (χ1) is 12.5. The SMILES string of the molecule is CCOC(=O)c1c(C)[nH]c(C(=O)Nc2nc3ccccc3n2CC)c1C. The Kier molecular flexibility index (Phi) is 4.79. The van der Waals surface area contributed by atoms with Gasteiger partial charge in [-0.15, -0.1) is 0 Å². The minimum Gasteiger partial charge on any atom is -0.462 e. The lowest BCUT2D eigenvalue weighted by Gasteiger charge is -2.07. The van der Waals surface area contributed by atoms with Crippen molar-refractivity contribution in [2.45, 2.75) is 34.2 Å². The molecule has 0 fully saturated rings. The van der Waals surface area contributed by atoms with E-state index in [4.69, 9.17) is 4.74 Å². The number of nitrogens with zero attached hydrogens (tertiary/aromatic N) is 2. The highest BCUT2D eigenvalue weighted by Crippen LogP contribution is 2.22. The van der Waals surface area contributed by atoms with Crippen LogP contribution in [0.25, 0.3) is 11.0 Å². The van der Waals surface area contributed by atoms with E-state index in [0.717, 1.165) is 11.0 Å². The maximum absolute atomic E-state index is 12.8. The van der Waals surface area contributed by atoms with E-state index in [0.29, 0.717) is 35.0 Å². The quantitative estimate of drug-likeness (QED) is 0.687. The van der Waals surface area contributed by atoms with Crippen molar-refractivity contribution in [3.8, 4) is 0 Å². The summed E-state index contributed by atoms with van der Waals surface area (Å²) in [7, 11) is 0. The number of nitrogens with one attached hydrogen (secondary N) is 2. The molecule has 0 atom stereocenters. The van der Waals surface area contributed by atoms with E-state index in [1.54, 1.807) is 20.8 Å². The lowest BCUT2D eigenvalue weighted by atomic mass is 10.1. The molecule has 0 saturated heterocycles. The normalized spacial score (nSPS) is 10.9. The van der Waals surface area contributed by atoms with Crippen LogP contribution in [-0.2, 0) is 11.3 Å². The van der Waals surface area contributed by atoms with Gasteiger partial charge in [0.05, 0.1) is 23.2 Å². The van der Waals surface area contributed by atoms with Crippen LogP contribution < -0.4 is 5.32 Å². The van der Waals surface area contributed by atoms with Gasteiger partial charge in [0.25, 0.3) is 5.91 Å². The van der Waals surface area contributed by atoms with Crippen molar-refractivity contribution in [3.05, 3.63) is 46.8 Å². The molecule has 0 aliphatic heterocycles. The first-order valence-corrected chi connectivity index (χ1v) is 8.60. The van der Waals surface area contributed by atoms with Crippen molar-refractivity contribution < 1.29 is 14.3 Å². The summed E-state index contributed by atoms with van der Waals surface area (Å²) in [4.78, 5) is 32.4. The number of aromatic nitrogens is 3. The number of carbonyl (C=O) groups excluding carboxylic acids is 2. The molecule has 2 heterocycles. The second-order valence-electron chi connectivity index (χ2n) is 5.97. The van der Waals surface area contributed by atoms with Crippen LogP contribution in [0, 0.1) is 13.8 Å². The molecule has 7 heteroatoms. The number of esters is 1. The van der Waals surface area contributed by atoms with E-state index in [-0.39, 0.29) is 12.5 Å². The van der Waals surface area contributed by atoms with E-state index in [2.05, 4.69) is 15.3 Å². The van der Waals surface area contributed by atoms with Gasteiger partial charge in [-0.25, -0.2) is 9.78 Å². The number of aryl methyl sites for hydroxylation is 2. The highest BCUT2D eigenvalue weighted by molar-refractivity contribution is 6.06. The van der Waals surface area contributed by atoms with Crippen molar-refractivity contribution in [1.82, 2.24) is 14.5 Å². The van der Waals surface area contributed by atoms with Gasteiger partial charge in [0.1, 0.15) is 5.69 Å². The Hall–Kier alpha value is -3.09. The number of amides is 1. The molecule has 0 unspecified atom stereocenters. The maximum atomic E-state index is 12.8. The van der Waals surface area contributed by atoms with E-state index < -0.39 is 5.97 Å². The third-order valence-corrected chi connectivity index (χ3v) is 4.34. The minimum atomic E-state index is -0.432. The first-order valence-electron chi connectivity index (χ1n) is 8.60. The monoisotopic (exact) mass is 354 g/mol. The van der Waals surface area contributed by atoms with Gasteiger partial charge in [0.2, 0.25) is 5.95 Å². The molecular formula is C19H22N4O3. The largest absolute Gasteiger partial charge is 0.462 e. The van der Waals surface area contributed by atoms with Crippen molar-refractivity contribution in [2.24, 2.45) is 0 Å². The summed E-state index contributed by atoms with van der Waals surface area (Å²) < 4.78 is 7.01. The van der Waals surface area contributed by atoms with Crippen molar-refractivity contribution in [1.29, 1.82) is 0 Å². The average molecular weight is 354 g/mol. The zero-order valence-corrected chi connectivity index (χ0v) is 15.3. The lowest BCUT2D eigenvalue weighted by Crippen LogP contribution is -2.17. The summed E-state index contributed by atoms with van der Waals surface area (Å²) in [6.07, 6.45) is 0. The van der Waals surface area contributed by atoms with Crippen LogP contribution in [0.3, 0.4) is 0 Å². The topological polar surface area (TPSA) is 89.0 Å². The molecule has 1 aromatic carbocycles.